The van der Waals surface area contributed by atoms with Crippen molar-refractivity contribution < 1.29 is 14.1 Å². The van der Waals surface area contributed by atoms with Crippen LogP contribution in [0.25, 0.3) is 0 Å². The molecule has 0 aromatic carbocycles. The van der Waals surface area contributed by atoms with Crippen LogP contribution in [0.1, 0.15) is 32.5 Å². The minimum atomic E-state index is -0.104. The molecular formula is C14H24N4O3. The average molecular weight is 296 g/mol. The highest BCUT2D eigenvalue weighted by atomic mass is 16.5. The molecule has 2 rings (SSSR count). The number of rotatable bonds is 4. The van der Waals surface area contributed by atoms with Gasteiger partial charge in [-0.05, 0) is 0 Å². The monoisotopic (exact) mass is 296 g/mol. The summed E-state index contributed by atoms with van der Waals surface area (Å²) in [7, 11) is 1.54. The highest BCUT2D eigenvalue weighted by molar-refractivity contribution is 5.77. The zero-order valence-corrected chi connectivity index (χ0v) is 13.3. The summed E-state index contributed by atoms with van der Waals surface area (Å²) < 4.78 is 10.2. The molecular weight excluding hydrogens is 272 g/mol. The summed E-state index contributed by atoms with van der Waals surface area (Å²) in [4.78, 5) is 20.2. The molecule has 1 amide bonds. The molecule has 0 saturated carbocycles. The van der Waals surface area contributed by atoms with Crippen molar-refractivity contribution in [2.45, 2.75) is 32.7 Å². The highest BCUT2D eigenvalue weighted by Crippen LogP contribution is 2.19. The number of methoxy groups -OCH3 is 1. The molecule has 0 radical (unpaired) electrons. The fourth-order valence-electron chi connectivity index (χ4n) is 2.19. The first-order valence-corrected chi connectivity index (χ1v) is 7.22. The molecule has 21 heavy (non-hydrogen) atoms. The smallest absolute Gasteiger partial charge is 0.248 e. The molecule has 0 aliphatic carbocycles. The van der Waals surface area contributed by atoms with E-state index in [4.69, 9.17) is 9.26 Å². The molecule has 1 aliphatic rings. The Bertz CT molecular complexity index is 473. The second kappa shape index (κ2) is 6.53. The number of nitrogens with zero attached hydrogens (tertiary/aromatic N) is 4. The highest BCUT2D eigenvalue weighted by Gasteiger charge is 2.24. The number of ether oxygens (including phenoxy) is 1. The number of piperazine rings is 1. The average Bonchev–Trinajstić information content (AvgIpc) is 2.88. The van der Waals surface area contributed by atoms with E-state index in [1.165, 1.54) is 7.11 Å². The van der Waals surface area contributed by atoms with E-state index in [0.29, 0.717) is 25.5 Å². The van der Waals surface area contributed by atoms with Gasteiger partial charge in [0.1, 0.15) is 6.61 Å². The Balaban J connectivity index is 1.83. The van der Waals surface area contributed by atoms with E-state index in [-0.39, 0.29) is 17.9 Å². The molecule has 0 atom stereocenters. The van der Waals surface area contributed by atoms with E-state index in [1.54, 1.807) is 0 Å². The number of carbonyl (C=O) groups excluding carboxylic acids is 1. The van der Waals surface area contributed by atoms with Crippen molar-refractivity contribution >= 4 is 5.91 Å². The van der Waals surface area contributed by atoms with E-state index in [2.05, 4.69) is 35.8 Å². The van der Waals surface area contributed by atoms with Crippen LogP contribution in [0.5, 0.6) is 0 Å². The van der Waals surface area contributed by atoms with Crippen LogP contribution in [0, 0.1) is 0 Å². The molecule has 2 heterocycles. The molecule has 118 valence electrons. The maximum Gasteiger partial charge on any atom is 0.248 e. The lowest BCUT2D eigenvalue weighted by atomic mass is 9.96. The molecule has 1 fully saturated rings. The standard InChI is InChI=1S/C14H24N4O3/c1-14(2,3)13-15-11(21-16-13)9-17-5-7-18(8-6-17)12(19)10-20-4/h5-10H2,1-4H3. The third-order valence-electron chi connectivity index (χ3n) is 3.49. The van der Waals surface area contributed by atoms with Crippen molar-refractivity contribution in [3.63, 3.8) is 0 Å². The maximum absolute atomic E-state index is 11.7. The van der Waals surface area contributed by atoms with Crippen LogP contribution in [0.4, 0.5) is 0 Å². The van der Waals surface area contributed by atoms with Gasteiger partial charge in [0.2, 0.25) is 11.8 Å². The Hall–Kier alpha value is -1.47. The Kier molecular flexibility index (Phi) is 4.95. The largest absolute Gasteiger partial charge is 0.375 e. The van der Waals surface area contributed by atoms with Crippen LogP contribution in [-0.4, -0.2) is 65.7 Å². The van der Waals surface area contributed by atoms with Gasteiger partial charge in [0.15, 0.2) is 5.82 Å². The van der Waals surface area contributed by atoms with Gasteiger partial charge in [0, 0.05) is 38.7 Å². The Morgan fingerprint density at radius 3 is 2.48 bits per heavy atom. The van der Waals surface area contributed by atoms with Gasteiger partial charge in [-0.3, -0.25) is 9.69 Å². The SMILES string of the molecule is COCC(=O)N1CCN(Cc2nc(C(C)(C)C)no2)CC1. The topological polar surface area (TPSA) is 71.7 Å². The zero-order valence-electron chi connectivity index (χ0n) is 13.3. The summed E-state index contributed by atoms with van der Waals surface area (Å²) >= 11 is 0. The first kappa shape index (κ1) is 15.9. The van der Waals surface area contributed by atoms with Gasteiger partial charge in [-0.25, -0.2) is 0 Å². The maximum atomic E-state index is 11.7. The third-order valence-corrected chi connectivity index (χ3v) is 3.49. The van der Waals surface area contributed by atoms with Gasteiger partial charge in [-0.15, -0.1) is 0 Å². The molecule has 1 aromatic heterocycles. The van der Waals surface area contributed by atoms with Gasteiger partial charge in [0.05, 0.1) is 6.54 Å². The molecule has 1 aromatic rings. The lowest BCUT2D eigenvalue weighted by Crippen LogP contribution is -2.49. The molecule has 0 bridgehead atoms. The molecule has 0 unspecified atom stereocenters. The second-order valence-electron chi connectivity index (χ2n) is 6.35. The van der Waals surface area contributed by atoms with Crippen LogP contribution in [0.2, 0.25) is 0 Å². The molecule has 1 aliphatic heterocycles. The van der Waals surface area contributed by atoms with Crippen molar-refractivity contribution in [3.8, 4) is 0 Å². The van der Waals surface area contributed by atoms with Crippen LogP contribution in [0.15, 0.2) is 4.52 Å². The summed E-state index contributed by atoms with van der Waals surface area (Å²) in [5, 5.41) is 4.03. The number of carbonyl (C=O) groups is 1. The zero-order chi connectivity index (χ0) is 15.5. The molecule has 7 nitrogen and oxygen atoms in total. The first-order chi connectivity index (χ1) is 9.90. The predicted octanol–water partition coefficient (Wildman–Crippen LogP) is 0.658. The lowest BCUT2D eigenvalue weighted by Gasteiger charge is -2.33. The van der Waals surface area contributed by atoms with Gasteiger partial charge in [0.25, 0.3) is 0 Å². The van der Waals surface area contributed by atoms with Gasteiger partial charge < -0.3 is 14.2 Å². The van der Waals surface area contributed by atoms with Gasteiger partial charge in [-0.2, -0.15) is 4.98 Å². The Morgan fingerprint density at radius 2 is 1.95 bits per heavy atom. The summed E-state index contributed by atoms with van der Waals surface area (Å²) in [5.41, 5.74) is -0.104. The third kappa shape index (κ3) is 4.25. The minimum absolute atomic E-state index is 0.0463. The van der Waals surface area contributed by atoms with Crippen molar-refractivity contribution in [3.05, 3.63) is 11.7 Å². The van der Waals surface area contributed by atoms with E-state index in [0.717, 1.165) is 18.9 Å². The van der Waals surface area contributed by atoms with Crippen LogP contribution >= 0.6 is 0 Å². The number of aromatic nitrogens is 2. The van der Waals surface area contributed by atoms with Gasteiger partial charge >= 0.3 is 0 Å². The molecule has 1 saturated heterocycles. The van der Waals surface area contributed by atoms with Crippen molar-refractivity contribution in [1.82, 2.24) is 19.9 Å². The number of amides is 1. The van der Waals surface area contributed by atoms with Crippen molar-refractivity contribution in [2.75, 3.05) is 39.9 Å². The van der Waals surface area contributed by atoms with E-state index in [9.17, 15) is 4.79 Å². The predicted molar refractivity (Wildman–Crippen MR) is 76.7 cm³/mol. The summed E-state index contributed by atoms with van der Waals surface area (Å²) in [6, 6.07) is 0. The van der Waals surface area contributed by atoms with Crippen LogP contribution in [0.3, 0.4) is 0 Å². The Labute approximate surface area is 125 Å². The normalized spacial score (nSPS) is 17.2. The fraction of sp³-hybridized carbons (Fsp3) is 0.786. The molecule has 0 spiro atoms. The van der Waals surface area contributed by atoms with Crippen molar-refractivity contribution in [1.29, 1.82) is 0 Å². The quantitative estimate of drug-likeness (QED) is 0.813. The Morgan fingerprint density at radius 1 is 1.29 bits per heavy atom. The fourth-order valence-corrected chi connectivity index (χ4v) is 2.19. The molecule has 0 N–H and O–H groups in total. The van der Waals surface area contributed by atoms with Crippen LogP contribution < -0.4 is 0 Å². The summed E-state index contributed by atoms with van der Waals surface area (Å²) in [6.07, 6.45) is 0. The minimum Gasteiger partial charge on any atom is -0.375 e. The molecule has 7 heteroatoms. The second-order valence-corrected chi connectivity index (χ2v) is 6.35. The van der Waals surface area contributed by atoms with E-state index in [1.807, 2.05) is 4.90 Å². The number of hydrogen-bond acceptors (Lipinski definition) is 6. The first-order valence-electron chi connectivity index (χ1n) is 7.22. The van der Waals surface area contributed by atoms with E-state index < -0.39 is 0 Å². The number of hydrogen-bond donors (Lipinski definition) is 0. The lowest BCUT2D eigenvalue weighted by molar-refractivity contribution is -0.137. The van der Waals surface area contributed by atoms with Crippen LogP contribution in [-0.2, 0) is 21.5 Å². The summed E-state index contributed by atoms with van der Waals surface area (Å²) in [5.74, 6) is 1.41. The van der Waals surface area contributed by atoms with E-state index >= 15 is 0 Å². The van der Waals surface area contributed by atoms with Gasteiger partial charge in [-0.1, -0.05) is 25.9 Å². The van der Waals surface area contributed by atoms with Crippen molar-refractivity contribution in [2.24, 2.45) is 0 Å². The summed E-state index contributed by atoms with van der Waals surface area (Å²) in [6.45, 7) is 10.00.